The zero-order chi connectivity index (χ0) is 18.1. The van der Waals surface area contributed by atoms with Crippen LogP contribution in [-0.2, 0) is 0 Å². The molecule has 0 aliphatic carbocycles. The quantitative estimate of drug-likeness (QED) is 0.889. The van der Waals surface area contributed by atoms with E-state index in [0.717, 1.165) is 25.1 Å². The number of carbonyl (C=O) groups excluding carboxylic acids is 1. The first kappa shape index (κ1) is 17.2. The fourth-order valence-electron chi connectivity index (χ4n) is 3.50. The van der Waals surface area contributed by atoms with Gasteiger partial charge in [0.1, 0.15) is 18.1 Å². The first-order valence-corrected chi connectivity index (χ1v) is 10.00. The Morgan fingerprint density at radius 1 is 1.23 bits per heavy atom. The maximum Gasteiger partial charge on any atom is 0.267 e. The molecule has 5 nitrogen and oxygen atoms in total. The van der Waals surface area contributed by atoms with Gasteiger partial charge in [-0.25, -0.2) is 0 Å². The van der Waals surface area contributed by atoms with Gasteiger partial charge >= 0.3 is 0 Å². The van der Waals surface area contributed by atoms with Gasteiger partial charge in [0.15, 0.2) is 11.5 Å². The summed E-state index contributed by atoms with van der Waals surface area (Å²) in [6, 6.07) is 6.70. The molecule has 0 radical (unpaired) electrons. The minimum absolute atomic E-state index is 0.0494. The monoisotopic (exact) mass is 372 g/mol. The lowest BCUT2D eigenvalue weighted by molar-refractivity contribution is 0.0711. The fraction of sp³-hybridized carbons (Fsp3) is 0.450. The molecular weight excluding hydrogens is 348 g/mol. The van der Waals surface area contributed by atoms with Gasteiger partial charge in [-0.2, -0.15) is 0 Å². The summed E-state index contributed by atoms with van der Waals surface area (Å²) in [7, 11) is 0. The van der Waals surface area contributed by atoms with E-state index in [1.807, 2.05) is 10.3 Å². The van der Waals surface area contributed by atoms with Crippen LogP contribution in [0, 0.1) is 13.8 Å². The normalized spacial score (nSPS) is 19.3. The highest BCUT2D eigenvalue weighted by Crippen LogP contribution is 2.40. The number of anilines is 1. The van der Waals surface area contributed by atoms with Gasteiger partial charge in [-0.1, -0.05) is 6.07 Å². The summed E-state index contributed by atoms with van der Waals surface area (Å²) < 4.78 is 11.2. The Morgan fingerprint density at radius 3 is 2.92 bits per heavy atom. The van der Waals surface area contributed by atoms with Crippen molar-refractivity contribution in [1.29, 1.82) is 0 Å². The lowest BCUT2D eigenvalue weighted by Gasteiger charge is -2.33. The lowest BCUT2D eigenvalue weighted by Crippen LogP contribution is -2.45. The van der Waals surface area contributed by atoms with E-state index in [1.54, 1.807) is 0 Å². The summed E-state index contributed by atoms with van der Waals surface area (Å²) in [5.74, 6) is 1.37. The second kappa shape index (κ2) is 7.19. The zero-order valence-electron chi connectivity index (χ0n) is 15.2. The topological polar surface area (TPSA) is 50.8 Å². The Balaban J connectivity index is 1.45. The van der Waals surface area contributed by atoms with Gasteiger partial charge in [-0.15, -0.1) is 11.3 Å². The molecule has 3 heterocycles. The zero-order valence-corrected chi connectivity index (χ0v) is 16.0. The van der Waals surface area contributed by atoms with E-state index >= 15 is 0 Å². The molecule has 2 aliphatic heterocycles. The first-order valence-electron chi connectivity index (χ1n) is 9.12. The summed E-state index contributed by atoms with van der Waals surface area (Å²) in [4.78, 5) is 15.6. The molecule has 1 N–H and O–H groups in total. The van der Waals surface area contributed by atoms with Crippen LogP contribution >= 0.6 is 11.3 Å². The van der Waals surface area contributed by atoms with Crippen LogP contribution in [0.4, 0.5) is 5.69 Å². The van der Waals surface area contributed by atoms with E-state index in [4.69, 9.17) is 9.47 Å². The van der Waals surface area contributed by atoms with Crippen LogP contribution in [0.2, 0.25) is 0 Å². The molecule has 2 aromatic rings. The molecule has 6 heteroatoms. The number of hydrogen-bond acceptors (Lipinski definition) is 5. The van der Waals surface area contributed by atoms with Crippen LogP contribution in [0.1, 0.15) is 33.6 Å². The number of hydrogen-bond donors (Lipinski definition) is 1. The van der Waals surface area contributed by atoms with Gasteiger partial charge in [0.2, 0.25) is 0 Å². The predicted octanol–water partition coefficient (Wildman–Crippen LogP) is 3.85. The Bertz CT molecular complexity index is 817. The molecule has 1 aromatic carbocycles. The number of rotatable bonds is 3. The number of ether oxygens (including phenoxy) is 2. The fourth-order valence-corrected chi connectivity index (χ4v) is 4.40. The van der Waals surface area contributed by atoms with Crippen molar-refractivity contribution in [2.75, 3.05) is 31.6 Å². The van der Waals surface area contributed by atoms with Crippen LogP contribution in [0.3, 0.4) is 0 Å². The second-order valence-electron chi connectivity index (χ2n) is 6.99. The van der Waals surface area contributed by atoms with Gasteiger partial charge in [-0.05, 0) is 49.9 Å². The predicted molar refractivity (Wildman–Crippen MR) is 104 cm³/mol. The van der Waals surface area contributed by atoms with Crippen LogP contribution < -0.4 is 14.8 Å². The number of piperidine rings is 1. The molecule has 1 atom stereocenters. The van der Waals surface area contributed by atoms with E-state index in [1.165, 1.54) is 22.5 Å². The highest BCUT2D eigenvalue weighted by molar-refractivity contribution is 7.12. The number of fused-ring (bicyclic) bond motifs is 1. The summed E-state index contributed by atoms with van der Waals surface area (Å²) in [6.07, 6.45) is 2.07. The Morgan fingerprint density at radius 2 is 2.08 bits per heavy atom. The molecule has 1 aromatic heterocycles. The summed E-state index contributed by atoms with van der Waals surface area (Å²) >= 11 is 1.41. The number of nitrogens with one attached hydrogen (secondary N) is 1. The third-order valence-corrected chi connectivity index (χ3v) is 6.01. The van der Waals surface area contributed by atoms with Gasteiger partial charge in [-0.3, -0.25) is 4.79 Å². The Hall–Kier alpha value is -2.21. The van der Waals surface area contributed by atoms with Crippen molar-refractivity contribution in [3.63, 3.8) is 0 Å². The maximum absolute atomic E-state index is 13.0. The lowest BCUT2D eigenvalue weighted by atomic mass is 10.0. The van der Waals surface area contributed by atoms with Gasteiger partial charge in [0, 0.05) is 30.2 Å². The molecule has 2 aliphatic rings. The van der Waals surface area contributed by atoms with E-state index in [2.05, 4.69) is 37.4 Å². The van der Waals surface area contributed by atoms with Crippen molar-refractivity contribution >= 4 is 22.9 Å². The van der Waals surface area contributed by atoms with Gasteiger partial charge < -0.3 is 19.7 Å². The van der Waals surface area contributed by atoms with Crippen LogP contribution in [-0.4, -0.2) is 43.2 Å². The molecule has 26 heavy (non-hydrogen) atoms. The number of likely N-dealkylation sites (tertiary alicyclic amines) is 1. The molecule has 1 saturated heterocycles. The highest BCUT2D eigenvalue weighted by atomic mass is 32.1. The number of thiophene rings is 1. The van der Waals surface area contributed by atoms with Crippen molar-refractivity contribution in [3.05, 3.63) is 39.6 Å². The van der Waals surface area contributed by atoms with Crippen molar-refractivity contribution in [1.82, 2.24) is 4.90 Å². The second-order valence-corrected chi connectivity index (χ2v) is 7.87. The average molecular weight is 372 g/mol. The smallest absolute Gasteiger partial charge is 0.267 e. The van der Waals surface area contributed by atoms with Crippen LogP contribution in [0.5, 0.6) is 11.5 Å². The van der Waals surface area contributed by atoms with Crippen molar-refractivity contribution < 1.29 is 14.3 Å². The summed E-state index contributed by atoms with van der Waals surface area (Å²) in [6.45, 7) is 6.79. The number of amides is 1. The third kappa shape index (κ3) is 3.38. The molecule has 138 valence electrons. The van der Waals surface area contributed by atoms with E-state index in [-0.39, 0.29) is 11.9 Å². The Kier molecular flexibility index (Phi) is 4.76. The number of carbonyl (C=O) groups is 1. The largest absolute Gasteiger partial charge is 0.485 e. The standard InChI is InChI=1S/C20H24N2O3S/c1-13-5-6-15(10-14(13)2)21-16-4-3-7-22(11-16)20(23)19-18-17(12-26-19)24-8-9-25-18/h5-6,10,12,16,21H,3-4,7-9,11H2,1-2H3. The molecular formula is C20H24N2O3S. The number of aryl methyl sites for hydroxylation is 2. The van der Waals surface area contributed by atoms with E-state index < -0.39 is 0 Å². The van der Waals surface area contributed by atoms with Crippen LogP contribution in [0.15, 0.2) is 23.6 Å². The average Bonchev–Trinajstić information content (AvgIpc) is 3.08. The SMILES string of the molecule is Cc1ccc(NC2CCCN(C(=O)c3scc4c3OCCO4)C2)cc1C. The molecule has 0 spiro atoms. The number of benzene rings is 1. The van der Waals surface area contributed by atoms with Crippen molar-refractivity contribution in [3.8, 4) is 11.5 Å². The van der Waals surface area contributed by atoms with Gasteiger partial charge in [0.05, 0.1) is 0 Å². The van der Waals surface area contributed by atoms with Gasteiger partial charge in [0.25, 0.3) is 5.91 Å². The molecule has 0 saturated carbocycles. The minimum atomic E-state index is 0.0494. The van der Waals surface area contributed by atoms with Crippen molar-refractivity contribution in [2.45, 2.75) is 32.7 Å². The van der Waals surface area contributed by atoms with E-state index in [9.17, 15) is 4.79 Å². The summed E-state index contributed by atoms with van der Waals surface area (Å²) in [5, 5.41) is 5.47. The highest BCUT2D eigenvalue weighted by Gasteiger charge is 2.30. The molecule has 0 bridgehead atoms. The molecule has 1 fully saturated rings. The molecule has 1 unspecified atom stereocenters. The van der Waals surface area contributed by atoms with Crippen molar-refractivity contribution in [2.24, 2.45) is 0 Å². The maximum atomic E-state index is 13.0. The third-order valence-electron chi connectivity index (χ3n) is 5.08. The minimum Gasteiger partial charge on any atom is -0.485 e. The first-order chi connectivity index (χ1) is 12.6. The Labute approximate surface area is 157 Å². The summed E-state index contributed by atoms with van der Waals surface area (Å²) in [5.41, 5.74) is 3.69. The number of nitrogens with zero attached hydrogens (tertiary/aromatic N) is 1. The van der Waals surface area contributed by atoms with Crippen LogP contribution in [0.25, 0.3) is 0 Å². The molecule has 1 amide bonds. The molecule has 4 rings (SSSR count). The van der Waals surface area contributed by atoms with E-state index in [0.29, 0.717) is 36.1 Å².